The zero-order chi connectivity index (χ0) is 22.6. The van der Waals surface area contributed by atoms with Crippen molar-refractivity contribution in [2.24, 2.45) is 5.73 Å². The van der Waals surface area contributed by atoms with Crippen molar-refractivity contribution in [3.05, 3.63) is 89.4 Å². The second-order valence-corrected chi connectivity index (χ2v) is 7.97. The Balaban J connectivity index is 1.44. The Morgan fingerprint density at radius 2 is 1.88 bits per heavy atom. The van der Waals surface area contributed by atoms with E-state index in [0.29, 0.717) is 6.54 Å². The summed E-state index contributed by atoms with van der Waals surface area (Å²) in [6, 6.07) is 17.2. The number of fused-ring (bicyclic) bond motifs is 1. The van der Waals surface area contributed by atoms with Crippen molar-refractivity contribution in [2.45, 2.75) is 38.8 Å². The van der Waals surface area contributed by atoms with E-state index in [1.807, 2.05) is 61.5 Å². The van der Waals surface area contributed by atoms with Crippen LogP contribution in [-0.2, 0) is 24.3 Å². The summed E-state index contributed by atoms with van der Waals surface area (Å²) in [6.07, 6.45) is 3.17. The zero-order valence-electron chi connectivity index (χ0n) is 18.0. The number of aromatic nitrogens is 3. The minimum atomic E-state index is -2.91. The van der Waals surface area contributed by atoms with Crippen LogP contribution in [0, 0.1) is 6.92 Å². The van der Waals surface area contributed by atoms with E-state index >= 15 is 0 Å². The van der Waals surface area contributed by atoms with E-state index < -0.39 is 12.5 Å². The van der Waals surface area contributed by atoms with Crippen molar-refractivity contribution in [3.63, 3.8) is 0 Å². The molecule has 0 amide bonds. The highest BCUT2D eigenvalue weighted by Gasteiger charge is 2.29. The first-order chi connectivity index (χ1) is 15.4. The highest BCUT2D eigenvalue weighted by molar-refractivity contribution is 5.77. The molecule has 2 aromatic heterocycles. The van der Waals surface area contributed by atoms with Crippen LogP contribution in [-0.4, -0.2) is 27.1 Å². The van der Waals surface area contributed by atoms with Crippen molar-refractivity contribution >= 4 is 5.52 Å². The predicted octanol–water partition coefficient (Wildman–Crippen LogP) is 4.95. The lowest BCUT2D eigenvalue weighted by Gasteiger charge is -2.16. The second kappa shape index (κ2) is 9.54. The van der Waals surface area contributed by atoms with Gasteiger partial charge in [0.25, 0.3) is 5.92 Å². The molecular formula is C25H26F2N4O. The first-order valence-electron chi connectivity index (χ1n) is 10.6. The number of aryl methyl sites for hydroxylation is 2. The van der Waals surface area contributed by atoms with Crippen LogP contribution in [0.25, 0.3) is 16.8 Å². The summed E-state index contributed by atoms with van der Waals surface area (Å²) in [5.74, 6) is -2.91. The van der Waals surface area contributed by atoms with Gasteiger partial charge in [-0.05, 0) is 47.7 Å². The molecule has 166 valence electrons. The number of hydrogen-bond acceptors (Lipinski definition) is 4. The quantitative estimate of drug-likeness (QED) is 0.403. The molecular weight excluding hydrogens is 410 g/mol. The average molecular weight is 437 g/mol. The molecule has 0 aliphatic carbocycles. The molecule has 5 nitrogen and oxygen atoms in total. The fourth-order valence-corrected chi connectivity index (χ4v) is 3.71. The van der Waals surface area contributed by atoms with E-state index in [4.69, 9.17) is 10.5 Å². The molecule has 2 heterocycles. The number of ether oxygens (including phenoxy) is 1. The molecule has 32 heavy (non-hydrogen) atoms. The molecule has 0 atom stereocenters. The van der Waals surface area contributed by atoms with Crippen LogP contribution in [0.1, 0.15) is 28.7 Å². The summed E-state index contributed by atoms with van der Waals surface area (Å²) >= 11 is 0. The Kier molecular flexibility index (Phi) is 6.58. The maximum atomic E-state index is 14.4. The van der Waals surface area contributed by atoms with Gasteiger partial charge in [-0.15, -0.1) is 0 Å². The topological polar surface area (TPSA) is 65.4 Å². The number of benzene rings is 2. The summed E-state index contributed by atoms with van der Waals surface area (Å²) in [7, 11) is 0. The zero-order valence-corrected chi connectivity index (χ0v) is 18.0. The van der Waals surface area contributed by atoms with Crippen LogP contribution in [0.3, 0.4) is 0 Å². The second-order valence-electron chi connectivity index (χ2n) is 7.97. The van der Waals surface area contributed by atoms with Crippen LogP contribution < -0.4 is 5.73 Å². The predicted molar refractivity (Wildman–Crippen MR) is 120 cm³/mol. The number of alkyl halides is 2. The Hall–Kier alpha value is -3.16. The van der Waals surface area contributed by atoms with Gasteiger partial charge in [-0.1, -0.05) is 42.5 Å². The van der Waals surface area contributed by atoms with Gasteiger partial charge in [-0.2, -0.15) is 5.10 Å². The van der Waals surface area contributed by atoms with Gasteiger partial charge in [0, 0.05) is 24.7 Å². The van der Waals surface area contributed by atoms with E-state index in [0.717, 1.165) is 39.0 Å². The Bertz CT molecular complexity index is 1190. The molecule has 4 rings (SSSR count). The van der Waals surface area contributed by atoms with Crippen LogP contribution >= 0.6 is 0 Å². The van der Waals surface area contributed by atoms with Gasteiger partial charge in [0.1, 0.15) is 12.9 Å². The third-order valence-electron chi connectivity index (χ3n) is 5.50. The van der Waals surface area contributed by atoms with Gasteiger partial charge in [0.2, 0.25) is 0 Å². The lowest BCUT2D eigenvalue weighted by molar-refractivity contribution is -0.0862. The fraction of sp³-hybridized carbons (Fsp3) is 0.280. The van der Waals surface area contributed by atoms with Gasteiger partial charge >= 0.3 is 0 Å². The number of halogens is 2. The molecule has 0 bridgehead atoms. The third kappa shape index (κ3) is 5.18. The van der Waals surface area contributed by atoms with E-state index in [1.165, 1.54) is 6.33 Å². The monoisotopic (exact) mass is 436 g/mol. The Morgan fingerprint density at radius 3 is 2.62 bits per heavy atom. The molecule has 0 fully saturated rings. The normalized spacial score (nSPS) is 11.9. The lowest BCUT2D eigenvalue weighted by Crippen LogP contribution is -2.24. The summed E-state index contributed by atoms with van der Waals surface area (Å²) in [4.78, 5) is 4.43. The molecule has 0 spiro atoms. The first kappa shape index (κ1) is 22.0. The summed E-state index contributed by atoms with van der Waals surface area (Å²) in [5, 5.41) is 4.25. The molecule has 0 radical (unpaired) electrons. The van der Waals surface area contributed by atoms with Crippen molar-refractivity contribution in [1.29, 1.82) is 0 Å². The molecule has 0 saturated carbocycles. The summed E-state index contributed by atoms with van der Waals surface area (Å²) in [5.41, 5.74) is 12.1. The standard InChI is InChI=1S/C25H26F2N4O/c1-18-11-21(7-8-22(18)13-28)24-23-12-20(14-31(23)30-17-29-24)9-10-25(26,27)16-32-15-19-5-3-2-4-6-19/h2-8,11-12,14,17H,9-10,13,15-16,28H2,1H3. The first-order valence-corrected chi connectivity index (χ1v) is 10.6. The van der Waals surface area contributed by atoms with Crippen molar-refractivity contribution in [2.75, 3.05) is 6.61 Å². The highest BCUT2D eigenvalue weighted by Crippen LogP contribution is 2.27. The van der Waals surface area contributed by atoms with Crippen LogP contribution in [0.2, 0.25) is 0 Å². The molecule has 2 N–H and O–H groups in total. The Morgan fingerprint density at radius 1 is 1.06 bits per heavy atom. The number of hydrogen-bond donors (Lipinski definition) is 1. The average Bonchev–Trinajstić information content (AvgIpc) is 3.22. The van der Waals surface area contributed by atoms with Gasteiger partial charge in [-0.25, -0.2) is 18.3 Å². The van der Waals surface area contributed by atoms with Crippen LogP contribution in [0.4, 0.5) is 8.78 Å². The van der Waals surface area contributed by atoms with Crippen molar-refractivity contribution in [1.82, 2.24) is 14.6 Å². The fourth-order valence-electron chi connectivity index (χ4n) is 3.71. The van der Waals surface area contributed by atoms with E-state index in [1.54, 1.807) is 10.7 Å². The van der Waals surface area contributed by atoms with E-state index in [9.17, 15) is 8.78 Å². The molecule has 7 heteroatoms. The van der Waals surface area contributed by atoms with Gasteiger partial charge in [-0.3, -0.25) is 0 Å². The molecule has 2 aromatic carbocycles. The number of rotatable bonds is 9. The molecule has 0 aliphatic heterocycles. The summed E-state index contributed by atoms with van der Waals surface area (Å²) in [6.45, 7) is 2.06. The van der Waals surface area contributed by atoms with Crippen LogP contribution in [0.15, 0.2) is 67.1 Å². The minimum absolute atomic E-state index is 0.174. The Labute approximate surface area is 185 Å². The van der Waals surface area contributed by atoms with E-state index in [2.05, 4.69) is 10.1 Å². The number of nitrogens with zero attached hydrogens (tertiary/aromatic N) is 3. The molecule has 0 unspecified atom stereocenters. The van der Waals surface area contributed by atoms with Gasteiger partial charge < -0.3 is 10.5 Å². The maximum Gasteiger partial charge on any atom is 0.271 e. The molecule has 0 saturated heterocycles. The third-order valence-corrected chi connectivity index (χ3v) is 5.50. The highest BCUT2D eigenvalue weighted by atomic mass is 19.3. The smallest absolute Gasteiger partial charge is 0.271 e. The number of nitrogens with two attached hydrogens (primary N) is 1. The van der Waals surface area contributed by atoms with E-state index in [-0.39, 0.29) is 19.4 Å². The summed E-state index contributed by atoms with van der Waals surface area (Å²) < 4.78 is 35.7. The maximum absolute atomic E-state index is 14.4. The van der Waals surface area contributed by atoms with Crippen LogP contribution in [0.5, 0.6) is 0 Å². The SMILES string of the molecule is Cc1cc(-c2ncnn3cc(CCC(F)(F)COCc4ccccc4)cc23)ccc1CN. The molecule has 4 aromatic rings. The van der Waals surface area contributed by atoms with Crippen molar-refractivity contribution < 1.29 is 13.5 Å². The molecule has 0 aliphatic rings. The van der Waals surface area contributed by atoms with Gasteiger partial charge in [0.15, 0.2) is 0 Å². The lowest BCUT2D eigenvalue weighted by atomic mass is 10.0. The largest absolute Gasteiger partial charge is 0.371 e. The minimum Gasteiger partial charge on any atom is -0.371 e. The van der Waals surface area contributed by atoms with Gasteiger partial charge in [0.05, 0.1) is 17.8 Å². The van der Waals surface area contributed by atoms with Crippen molar-refractivity contribution in [3.8, 4) is 11.3 Å².